The summed E-state index contributed by atoms with van der Waals surface area (Å²) < 4.78 is 0. The smallest absolute Gasteiger partial charge is 0.0409 e. The lowest BCUT2D eigenvalue weighted by Gasteiger charge is -2.37. The number of aryl methyl sites for hydroxylation is 2. The molecular weight excluding hydrogens is 292 g/mol. The Labute approximate surface area is 138 Å². The lowest BCUT2D eigenvalue weighted by molar-refractivity contribution is 0.250. The molecule has 1 aliphatic rings. The Kier molecular flexibility index (Phi) is 4.70. The van der Waals surface area contributed by atoms with E-state index in [0.29, 0.717) is 0 Å². The molecule has 0 spiro atoms. The van der Waals surface area contributed by atoms with E-state index in [1.165, 1.54) is 22.4 Å². The van der Waals surface area contributed by atoms with E-state index in [1.54, 1.807) is 0 Å². The molecule has 1 heterocycles. The van der Waals surface area contributed by atoms with E-state index in [0.717, 1.165) is 37.7 Å². The Morgan fingerprint density at radius 1 is 0.955 bits per heavy atom. The molecule has 3 rings (SSSR count). The second-order valence-corrected chi connectivity index (χ2v) is 6.62. The largest absolute Gasteiger partial charge is 0.369 e. The van der Waals surface area contributed by atoms with Gasteiger partial charge in [0.1, 0.15) is 0 Å². The molecule has 0 atom stereocenters. The van der Waals surface area contributed by atoms with Crippen molar-refractivity contribution in [3.63, 3.8) is 0 Å². The lowest BCUT2D eigenvalue weighted by atomic mass is 10.1. The third-order valence-electron chi connectivity index (χ3n) is 4.37. The molecule has 1 fully saturated rings. The van der Waals surface area contributed by atoms with Crippen LogP contribution in [0.25, 0.3) is 0 Å². The maximum atomic E-state index is 6.07. The van der Waals surface area contributed by atoms with Crippen LogP contribution in [0.15, 0.2) is 42.5 Å². The van der Waals surface area contributed by atoms with Gasteiger partial charge in [-0.15, -0.1) is 0 Å². The Balaban J connectivity index is 1.61. The van der Waals surface area contributed by atoms with Gasteiger partial charge in [-0.2, -0.15) is 0 Å². The van der Waals surface area contributed by atoms with E-state index in [9.17, 15) is 0 Å². The van der Waals surface area contributed by atoms with Gasteiger partial charge in [-0.1, -0.05) is 35.9 Å². The van der Waals surface area contributed by atoms with E-state index in [2.05, 4.69) is 54.0 Å². The fourth-order valence-electron chi connectivity index (χ4n) is 3.10. The summed E-state index contributed by atoms with van der Waals surface area (Å²) >= 11 is 6.07. The van der Waals surface area contributed by atoms with Crippen molar-refractivity contribution in [2.45, 2.75) is 20.4 Å². The molecule has 0 radical (unpaired) electrons. The number of hydrogen-bond donors (Lipinski definition) is 0. The third kappa shape index (κ3) is 3.63. The monoisotopic (exact) mass is 314 g/mol. The van der Waals surface area contributed by atoms with Crippen molar-refractivity contribution in [3.05, 3.63) is 64.2 Å². The summed E-state index contributed by atoms with van der Waals surface area (Å²) in [5.74, 6) is 0. The van der Waals surface area contributed by atoms with Gasteiger partial charge in [0.2, 0.25) is 0 Å². The van der Waals surface area contributed by atoms with Crippen LogP contribution in [0.5, 0.6) is 0 Å². The molecule has 0 aromatic heterocycles. The van der Waals surface area contributed by atoms with E-state index in [1.807, 2.05) is 12.1 Å². The molecule has 0 bridgehead atoms. The van der Waals surface area contributed by atoms with Crippen molar-refractivity contribution in [3.8, 4) is 0 Å². The summed E-state index contributed by atoms with van der Waals surface area (Å²) in [5.41, 5.74) is 5.39. The molecule has 22 heavy (non-hydrogen) atoms. The molecule has 3 heteroatoms. The Hall–Kier alpha value is -1.51. The molecule has 2 nitrogen and oxygen atoms in total. The lowest BCUT2D eigenvalue weighted by Crippen LogP contribution is -2.46. The first-order chi connectivity index (χ1) is 10.6. The van der Waals surface area contributed by atoms with Gasteiger partial charge in [0.25, 0.3) is 0 Å². The van der Waals surface area contributed by atoms with Crippen LogP contribution in [-0.2, 0) is 6.54 Å². The summed E-state index contributed by atoms with van der Waals surface area (Å²) in [5, 5.41) is 0.825. The molecule has 1 saturated heterocycles. The molecule has 0 amide bonds. The highest BCUT2D eigenvalue weighted by Gasteiger charge is 2.18. The van der Waals surface area contributed by atoms with Gasteiger partial charge in [-0.25, -0.2) is 0 Å². The summed E-state index contributed by atoms with van der Waals surface area (Å²) in [4.78, 5) is 5.02. The number of nitrogens with zero attached hydrogens (tertiary/aromatic N) is 2. The highest BCUT2D eigenvalue weighted by Crippen LogP contribution is 2.23. The Morgan fingerprint density at radius 3 is 2.45 bits per heavy atom. The number of halogens is 1. The average Bonchev–Trinajstić information content (AvgIpc) is 2.51. The van der Waals surface area contributed by atoms with Gasteiger partial charge < -0.3 is 4.90 Å². The SMILES string of the molecule is Cc1ccc(C)c(N2CCN(Cc3cccc(Cl)c3)CC2)c1. The molecule has 116 valence electrons. The summed E-state index contributed by atoms with van der Waals surface area (Å²) in [6, 6.07) is 14.9. The summed E-state index contributed by atoms with van der Waals surface area (Å²) in [6.07, 6.45) is 0. The molecule has 1 aliphatic heterocycles. The predicted molar refractivity (Wildman–Crippen MR) is 94.9 cm³/mol. The summed E-state index contributed by atoms with van der Waals surface area (Å²) in [6.45, 7) is 9.72. The van der Waals surface area contributed by atoms with Crippen LogP contribution in [0.1, 0.15) is 16.7 Å². The standard InChI is InChI=1S/C19H23ClN2/c1-15-6-7-16(2)19(12-15)22-10-8-21(9-11-22)14-17-4-3-5-18(20)13-17/h3-7,12-13H,8-11,14H2,1-2H3. The fourth-order valence-corrected chi connectivity index (χ4v) is 3.31. The van der Waals surface area contributed by atoms with Crippen LogP contribution in [0, 0.1) is 13.8 Å². The minimum atomic E-state index is 0.825. The van der Waals surface area contributed by atoms with Gasteiger partial charge in [0.15, 0.2) is 0 Å². The van der Waals surface area contributed by atoms with E-state index >= 15 is 0 Å². The van der Waals surface area contributed by atoms with Gasteiger partial charge in [0, 0.05) is 43.4 Å². The third-order valence-corrected chi connectivity index (χ3v) is 4.61. The molecule has 0 saturated carbocycles. The van der Waals surface area contributed by atoms with Gasteiger partial charge >= 0.3 is 0 Å². The number of benzene rings is 2. The van der Waals surface area contributed by atoms with Crippen molar-refractivity contribution in [1.82, 2.24) is 4.90 Å². The maximum Gasteiger partial charge on any atom is 0.0409 e. The highest BCUT2D eigenvalue weighted by molar-refractivity contribution is 6.30. The van der Waals surface area contributed by atoms with Gasteiger partial charge in [-0.3, -0.25) is 4.90 Å². The molecule has 0 aliphatic carbocycles. The topological polar surface area (TPSA) is 6.48 Å². The quantitative estimate of drug-likeness (QED) is 0.834. The normalized spacial score (nSPS) is 16.0. The van der Waals surface area contributed by atoms with Crippen molar-refractivity contribution in [2.75, 3.05) is 31.1 Å². The van der Waals surface area contributed by atoms with Crippen LogP contribution >= 0.6 is 11.6 Å². The zero-order valence-corrected chi connectivity index (χ0v) is 14.1. The molecular formula is C19H23ClN2. The molecule has 2 aromatic carbocycles. The second kappa shape index (κ2) is 6.72. The van der Waals surface area contributed by atoms with Crippen LogP contribution < -0.4 is 4.90 Å². The molecule has 2 aromatic rings. The maximum absolute atomic E-state index is 6.07. The minimum absolute atomic E-state index is 0.825. The van der Waals surface area contributed by atoms with Crippen molar-refractivity contribution >= 4 is 17.3 Å². The molecule has 0 unspecified atom stereocenters. The van der Waals surface area contributed by atoms with Crippen LogP contribution in [-0.4, -0.2) is 31.1 Å². The second-order valence-electron chi connectivity index (χ2n) is 6.18. The molecule has 0 N–H and O–H groups in total. The number of piperazine rings is 1. The fraction of sp³-hybridized carbons (Fsp3) is 0.368. The zero-order valence-electron chi connectivity index (χ0n) is 13.3. The minimum Gasteiger partial charge on any atom is -0.369 e. The van der Waals surface area contributed by atoms with Crippen LogP contribution in [0.2, 0.25) is 5.02 Å². The van der Waals surface area contributed by atoms with Crippen molar-refractivity contribution in [1.29, 1.82) is 0 Å². The first-order valence-electron chi connectivity index (χ1n) is 7.91. The number of anilines is 1. The highest BCUT2D eigenvalue weighted by atomic mass is 35.5. The van der Waals surface area contributed by atoms with E-state index < -0.39 is 0 Å². The van der Waals surface area contributed by atoms with Gasteiger partial charge in [-0.05, 0) is 48.7 Å². The Bertz CT molecular complexity index is 646. The number of hydrogen-bond acceptors (Lipinski definition) is 2. The number of rotatable bonds is 3. The Morgan fingerprint density at radius 2 is 1.73 bits per heavy atom. The first kappa shape index (κ1) is 15.4. The van der Waals surface area contributed by atoms with Crippen molar-refractivity contribution < 1.29 is 0 Å². The van der Waals surface area contributed by atoms with Gasteiger partial charge in [0.05, 0.1) is 0 Å². The average molecular weight is 315 g/mol. The predicted octanol–water partition coefficient (Wildman–Crippen LogP) is 4.28. The zero-order chi connectivity index (χ0) is 15.5. The first-order valence-corrected chi connectivity index (χ1v) is 8.28. The van der Waals surface area contributed by atoms with E-state index in [-0.39, 0.29) is 0 Å². The summed E-state index contributed by atoms with van der Waals surface area (Å²) in [7, 11) is 0. The van der Waals surface area contributed by atoms with Crippen LogP contribution in [0.3, 0.4) is 0 Å². The van der Waals surface area contributed by atoms with Crippen LogP contribution in [0.4, 0.5) is 5.69 Å². The van der Waals surface area contributed by atoms with E-state index in [4.69, 9.17) is 11.6 Å². The van der Waals surface area contributed by atoms with Crippen molar-refractivity contribution in [2.24, 2.45) is 0 Å².